The fourth-order valence-electron chi connectivity index (χ4n) is 2.39. The minimum Gasteiger partial charge on any atom is -0.241 e. The van der Waals surface area contributed by atoms with Gasteiger partial charge in [-0.1, -0.05) is 12.1 Å². The highest BCUT2D eigenvalue weighted by Crippen LogP contribution is 2.30. The molecule has 3 rings (SSSR count). The molecule has 1 aromatic heterocycles. The van der Waals surface area contributed by atoms with Crippen LogP contribution >= 0.6 is 0 Å². The predicted octanol–water partition coefficient (Wildman–Crippen LogP) is 3.66. The van der Waals surface area contributed by atoms with E-state index in [0.29, 0.717) is 11.5 Å². The van der Waals surface area contributed by atoms with Gasteiger partial charge in [0, 0.05) is 23.6 Å². The third-order valence-electron chi connectivity index (χ3n) is 3.62. The van der Waals surface area contributed by atoms with Crippen molar-refractivity contribution in [3.63, 3.8) is 0 Å². The van der Waals surface area contributed by atoms with Crippen LogP contribution in [0.4, 0.5) is 4.39 Å². The second-order valence-corrected chi connectivity index (χ2v) is 7.50. The first kappa shape index (κ1) is 16.3. The Morgan fingerprint density at radius 1 is 0.917 bits per heavy atom. The van der Waals surface area contributed by atoms with Crippen molar-refractivity contribution in [2.24, 2.45) is 0 Å². The molecule has 0 unspecified atom stereocenters. The van der Waals surface area contributed by atoms with Crippen LogP contribution in [0.1, 0.15) is 5.82 Å². The van der Waals surface area contributed by atoms with Crippen molar-refractivity contribution in [2.45, 2.75) is 11.8 Å². The Morgan fingerprint density at radius 3 is 2.08 bits per heavy atom. The number of nitrogens with zero attached hydrogens (tertiary/aromatic N) is 2. The summed E-state index contributed by atoms with van der Waals surface area (Å²) in [7, 11) is -3.25. The molecule has 0 bridgehead atoms. The molecule has 0 fully saturated rings. The molecule has 0 aliphatic heterocycles. The molecular weight excluding hydrogens is 327 g/mol. The number of sulfone groups is 1. The van der Waals surface area contributed by atoms with Crippen LogP contribution in [0.25, 0.3) is 22.4 Å². The zero-order valence-electron chi connectivity index (χ0n) is 13.2. The third-order valence-corrected chi connectivity index (χ3v) is 4.75. The number of rotatable bonds is 3. The second-order valence-electron chi connectivity index (χ2n) is 5.48. The molecule has 0 aliphatic rings. The van der Waals surface area contributed by atoms with Crippen molar-refractivity contribution in [1.29, 1.82) is 0 Å². The van der Waals surface area contributed by atoms with E-state index in [4.69, 9.17) is 0 Å². The van der Waals surface area contributed by atoms with E-state index in [1.54, 1.807) is 49.5 Å². The van der Waals surface area contributed by atoms with E-state index in [2.05, 4.69) is 9.97 Å². The smallest absolute Gasteiger partial charge is 0.175 e. The van der Waals surface area contributed by atoms with Gasteiger partial charge in [0.05, 0.1) is 10.6 Å². The van der Waals surface area contributed by atoms with Crippen LogP contribution in [0.15, 0.2) is 59.6 Å². The molecule has 24 heavy (non-hydrogen) atoms. The summed E-state index contributed by atoms with van der Waals surface area (Å²) in [5, 5.41) is 0. The summed E-state index contributed by atoms with van der Waals surface area (Å²) < 4.78 is 36.3. The van der Waals surface area contributed by atoms with Gasteiger partial charge in [-0.15, -0.1) is 0 Å². The lowest BCUT2D eigenvalue weighted by molar-refractivity contribution is 0.602. The van der Waals surface area contributed by atoms with Gasteiger partial charge >= 0.3 is 0 Å². The Labute approximate surface area is 140 Å². The van der Waals surface area contributed by atoms with E-state index in [1.807, 2.05) is 0 Å². The number of benzene rings is 2. The Morgan fingerprint density at radius 2 is 1.50 bits per heavy atom. The summed E-state index contributed by atoms with van der Waals surface area (Å²) in [4.78, 5) is 8.95. The van der Waals surface area contributed by atoms with Gasteiger partial charge in [-0.3, -0.25) is 0 Å². The average Bonchev–Trinajstić information content (AvgIpc) is 2.55. The average molecular weight is 342 g/mol. The van der Waals surface area contributed by atoms with Crippen molar-refractivity contribution in [1.82, 2.24) is 9.97 Å². The molecule has 4 nitrogen and oxygen atoms in total. The van der Waals surface area contributed by atoms with Crippen molar-refractivity contribution < 1.29 is 12.8 Å². The first-order valence-electron chi connectivity index (χ1n) is 7.25. The normalized spacial score (nSPS) is 11.5. The molecule has 122 valence electrons. The topological polar surface area (TPSA) is 59.9 Å². The number of aryl methyl sites for hydroxylation is 1. The summed E-state index contributed by atoms with van der Waals surface area (Å²) in [6.07, 6.45) is 2.86. The molecule has 0 saturated carbocycles. The lowest BCUT2D eigenvalue weighted by atomic mass is 10.0. The van der Waals surface area contributed by atoms with Gasteiger partial charge in [-0.05, 0) is 48.9 Å². The van der Waals surface area contributed by atoms with Gasteiger partial charge in [0.1, 0.15) is 11.6 Å². The minimum absolute atomic E-state index is 0.252. The van der Waals surface area contributed by atoms with E-state index < -0.39 is 9.84 Å². The van der Waals surface area contributed by atoms with Gasteiger partial charge in [-0.2, -0.15) is 0 Å². The Balaban J connectivity index is 2.13. The molecular formula is C18H15FN2O2S. The molecule has 0 amide bonds. The summed E-state index contributed by atoms with van der Waals surface area (Å²) in [6.45, 7) is 1.78. The third kappa shape index (κ3) is 3.33. The van der Waals surface area contributed by atoms with E-state index in [1.165, 1.54) is 18.4 Å². The zero-order valence-corrected chi connectivity index (χ0v) is 14.0. The molecule has 2 aromatic carbocycles. The maximum absolute atomic E-state index is 13.2. The van der Waals surface area contributed by atoms with Crippen LogP contribution < -0.4 is 0 Å². The number of halogens is 1. The molecule has 6 heteroatoms. The fourth-order valence-corrected chi connectivity index (χ4v) is 3.02. The van der Waals surface area contributed by atoms with Crippen molar-refractivity contribution in [2.75, 3.05) is 6.26 Å². The van der Waals surface area contributed by atoms with Gasteiger partial charge in [0.2, 0.25) is 0 Å². The van der Waals surface area contributed by atoms with E-state index >= 15 is 0 Å². The van der Waals surface area contributed by atoms with Gasteiger partial charge in [-0.25, -0.2) is 22.8 Å². The molecule has 1 heterocycles. The molecule has 0 N–H and O–H groups in total. The van der Waals surface area contributed by atoms with Crippen LogP contribution in [0.2, 0.25) is 0 Å². The molecule has 0 saturated heterocycles. The highest BCUT2D eigenvalue weighted by molar-refractivity contribution is 7.90. The lowest BCUT2D eigenvalue weighted by Crippen LogP contribution is -1.98. The van der Waals surface area contributed by atoms with Crippen LogP contribution in [-0.4, -0.2) is 24.6 Å². The van der Waals surface area contributed by atoms with E-state index in [9.17, 15) is 12.8 Å². The van der Waals surface area contributed by atoms with Gasteiger partial charge in [0.25, 0.3) is 0 Å². The van der Waals surface area contributed by atoms with E-state index in [0.717, 1.165) is 16.7 Å². The fraction of sp³-hybridized carbons (Fsp3) is 0.111. The summed E-state index contributed by atoms with van der Waals surface area (Å²) in [5.74, 6) is 0.286. The highest BCUT2D eigenvalue weighted by atomic mass is 32.2. The molecule has 0 radical (unpaired) electrons. The standard InChI is InChI=1S/C18H15FN2O2S/c1-12-20-11-17(13-5-9-16(10-6-13)24(2,22)23)18(21-12)14-3-7-15(19)8-4-14/h3-11H,1-2H3. The summed E-state index contributed by atoms with van der Waals surface area (Å²) in [5.41, 5.74) is 2.99. The number of aromatic nitrogens is 2. The van der Waals surface area contributed by atoms with Crippen LogP contribution in [0.3, 0.4) is 0 Å². The second kappa shape index (κ2) is 6.13. The first-order valence-corrected chi connectivity index (χ1v) is 9.14. The Kier molecular flexibility index (Phi) is 4.15. The van der Waals surface area contributed by atoms with Crippen LogP contribution in [0.5, 0.6) is 0 Å². The maximum atomic E-state index is 13.2. The molecule has 0 spiro atoms. The predicted molar refractivity (Wildman–Crippen MR) is 90.7 cm³/mol. The zero-order chi connectivity index (χ0) is 17.3. The molecule has 0 atom stereocenters. The lowest BCUT2D eigenvalue weighted by Gasteiger charge is -2.10. The Bertz CT molecular complexity index is 983. The largest absolute Gasteiger partial charge is 0.241 e. The maximum Gasteiger partial charge on any atom is 0.175 e. The number of hydrogen-bond donors (Lipinski definition) is 0. The quantitative estimate of drug-likeness (QED) is 0.729. The summed E-state index contributed by atoms with van der Waals surface area (Å²) in [6, 6.07) is 12.6. The first-order chi connectivity index (χ1) is 11.3. The van der Waals surface area contributed by atoms with Gasteiger partial charge in [0.15, 0.2) is 9.84 Å². The van der Waals surface area contributed by atoms with E-state index in [-0.39, 0.29) is 10.7 Å². The number of hydrogen-bond acceptors (Lipinski definition) is 4. The molecule has 3 aromatic rings. The minimum atomic E-state index is -3.25. The van der Waals surface area contributed by atoms with Crippen LogP contribution in [-0.2, 0) is 9.84 Å². The van der Waals surface area contributed by atoms with Crippen molar-refractivity contribution in [3.05, 3.63) is 66.4 Å². The van der Waals surface area contributed by atoms with Crippen molar-refractivity contribution in [3.8, 4) is 22.4 Å². The van der Waals surface area contributed by atoms with Crippen molar-refractivity contribution >= 4 is 9.84 Å². The monoisotopic (exact) mass is 342 g/mol. The molecule has 0 aliphatic carbocycles. The van der Waals surface area contributed by atoms with Gasteiger partial charge < -0.3 is 0 Å². The highest BCUT2D eigenvalue weighted by Gasteiger charge is 2.12. The summed E-state index contributed by atoms with van der Waals surface area (Å²) >= 11 is 0. The SMILES string of the molecule is Cc1ncc(-c2ccc(S(C)(=O)=O)cc2)c(-c2ccc(F)cc2)n1. The Hall–Kier alpha value is -2.60. The van der Waals surface area contributed by atoms with Crippen LogP contribution in [0, 0.1) is 12.7 Å².